The van der Waals surface area contributed by atoms with Gasteiger partial charge in [-0.2, -0.15) is 0 Å². The third-order valence-electron chi connectivity index (χ3n) is 6.06. The zero-order valence-corrected chi connectivity index (χ0v) is 19.1. The summed E-state index contributed by atoms with van der Waals surface area (Å²) in [4.78, 5) is 27.5. The monoisotopic (exact) mass is 440 g/mol. The number of carbonyl (C=O) groups is 2. The van der Waals surface area contributed by atoms with E-state index in [0.717, 1.165) is 31.2 Å². The third kappa shape index (κ3) is 6.09. The molecule has 1 atom stereocenters. The first-order chi connectivity index (χ1) is 15.4. The van der Waals surface area contributed by atoms with E-state index in [1.165, 1.54) is 11.0 Å². The van der Waals surface area contributed by atoms with Crippen molar-refractivity contribution in [3.63, 3.8) is 0 Å². The lowest BCUT2D eigenvalue weighted by molar-refractivity contribution is -0.142. The normalized spacial score (nSPS) is 14.9. The molecule has 1 saturated carbocycles. The number of amides is 2. The highest BCUT2D eigenvalue weighted by atomic mass is 19.1. The maximum absolute atomic E-state index is 14.3. The van der Waals surface area contributed by atoms with E-state index >= 15 is 0 Å². The molecule has 0 saturated heterocycles. The molecule has 6 heteroatoms. The number of rotatable bonds is 9. The molecular formula is C26H33FN2O3. The van der Waals surface area contributed by atoms with E-state index in [0.29, 0.717) is 11.3 Å². The molecule has 1 aliphatic carbocycles. The van der Waals surface area contributed by atoms with Gasteiger partial charge in [-0.05, 0) is 43.4 Å². The number of para-hydroxylation sites is 1. The van der Waals surface area contributed by atoms with Crippen molar-refractivity contribution in [1.29, 1.82) is 0 Å². The zero-order chi connectivity index (χ0) is 23.1. The molecule has 32 heavy (non-hydrogen) atoms. The predicted octanol–water partition coefficient (Wildman–Crippen LogP) is 4.80. The summed E-state index contributed by atoms with van der Waals surface area (Å²) in [7, 11) is 0. The Labute approximate surface area is 190 Å². The van der Waals surface area contributed by atoms with E-state index in [9.17, 15) is 14.0 Å². The Bertz CT molecular complexity index is 925. The van der Waals surface area contributed by atoms with Gasteiger partial charge >= 0.3 is 0 Å². The van der Waals surface area contributed by atoms with Gasteiger partial charge < -0.3 is 15.0 Å². The Kier molecular flexibility index (Phi) is 8.26. The van der Waals surface area contributed by atoms with Crippen molar-refractivity contribution in [2.75, 3.05) is 6.61 Å². The number of hydrogen-bond acceptors (Lipinski definition) is 3. The van der Waals surface area contributed by atoms with Gasteiger partial charge in [0.15, 0.2) is 6.61 Å². The van der Waals surface area contributed by atoms with Crippen molar-refractivity contribution < 1.29 is 18.7 Å². The molecule has 1 fully saturated rings. The minimum absolute atomic E-state index is 0.0000522. The second kappa shape index (κ2) is 11.1. The molecule has 0 bridgehead atoms. The fourth-order valence-corrected chi connectivity index (χ4v) is 4.10. The third-order valence-corrected chi connectivity index (χ3v) is 6.06. The highest BCUT2D eigenvalue weighted by molar-refractivity contribution is 5.88. The summed E-state index contributed by atoms with van der Waals surface area (Å²) in [5.74, 6) is -0.0958. The van der Waals surface area contributed by atoms with Crippen LogP contribution in [0.15, 0.2) is 48.5 Å². The molecule has 0 aliphatic heterocycles. The van der Waals surface area contributed by atoms with E-state index in [-0.39, 0.29) is 36.9 Å². The molecule has 5 nitrogen and oxygen atoms in total. The fraction of sp³-hybridized carbons (Fsp3) is 0.462. The van der Waals surface area contributed by atoms with Crippen LogP contribution in [0.1, 0.15) is 63.5 Å². The molecule has 172 valence electrons. The summed E-state index contributed by atoms with van der Waals surface area (Å²) >= 11 is 0. The van der Waals surface area contributed by atoms with Gasteiger partial charge in [-0.15, -0.1) is 0 Å². The largest absolute Gasteiger partial charge is 0.483 e. The fourth-order valence-electron chi connectivity index (χ4n) is 4.10. The summed E-state index contributed by atoms with van der Waals surface area (Å²) in [6.07, 6.45) is 4.10. The molecule has 1 N–H and O–H groups in total. The minimum Gasteiger partial charge on any atom is -0.483 e. The van der Waals surface area contributed by atoms with Crippen LogP contribution < -0.4 is 10.1 Å². The van der Waals surface area contributed by atoms with Gasteiger partial charge in [0.25, 0.3) is 5.91 Å². The lowest BCUT2D eigenvalue weighted by Gasteiger charge is -2.30. The van der Waals surface area contributed by atoms with Gasteiger partial charge in [0.05, 0.1) is 0 Å². The number of hydrogen-bond donors (Lipinski definition) is 1. The number of nitrogens with one attached hydrogen (secondary N) is 1. The Hall–Kier alpha value is -2.89. The van der Waals surface area contributed by atoms with Crippen LogP contribution in [0.25, 0.3) is 0 Å². The van der Waals surface area contributed by atoms with Crippen LogP contribution in [0, 0.1) is 5.82 Å². The molecule has 2 aromatic carbocycles. The topological polar surface area (TPSA) is 58.6 Å². The predicted molar refractivity (Wildman–Crippen MR) is 123 cm³/mol. The van der Waals surface area contributed by atoms with Gasteiger partial charge in [0, 0.05) is 18.2 Å². The number of carbonyl (C=O) groups excluding carboxylic acids is 2. The van der Waals surface area contributed by atoms with E-state index < -0.39 is 11.9 Å². The maximum atomic E-state index is 14.3. The molecule has 0 unspecified atom stereocenters. The quantitative estimate of drug-likeness (QED) is 0.609. The van der Waals surface area contributed by atoms with Crippen molar-refractivity contribution in [1.82, 2.24) is 10.2 Å². The van der Waals surface area contributed by atoms with Gasteiger partial charge in [0.2, 0.25) is 5.91 Å². The molecule has 2 aromatic rings. The lowest BCUT2D eigenvalue weighted by Crippen LogP contribution is -2.50. The smallest absolute Gasteiger partial charge is 0.261 e. The average molecular weight is 441 g/mol. The number of nitrogens with zero attached hydrogens (tertiary/aromatic N) is 1. The van der Waals surface area contributed by atoms with Crippen molar-refractivity contribution >= 4 is 11.8 Å². The Morgan fingerprint density at radius 3 is 2.41 bits per heavy atom. The molecule has 3 rings (SSSR count). The standard InChI is InChI=1S/C26H33FN2O3/c1-18(2)22-13-7-9-15-24(22)32-17-25(30)29(16-20-10-4-8-14-23(20)27)19(3)26(31)28-21-11-5-6-12-21/h4,7-10,13-15,18-19,21H,5-6,11-12,16-17H2,1-3H3,(H,28,31)/t19-/m0/s1. The second-order valence-electron chi connectivity index (χ2n) is 8.76. The molecule has 1 aliphatic rings. The Morgan fingerprint density at radius 1 is 1.06 bits per heavy atom. The van der Waals surface area contributed by atoms with Crippen LogP contribution in [-0.4, -0.2) is 35.4 Å². The van der Waals surface area contributed by atoms with Crippen LogP contribution in [0.3, 0.4) is 0 Å². The molecule has 0 aromatic heterocycles. The lowest BCUT2D eigenvalue weighted by atomic mass is 10.0. The first kappa shape index (κ1) is 23.8. The molecule has 0 radical (unpaired) electrons. The first-order valence-corrected chi connectivity index (χ1v) is 11.4. The van der Waals surface area contributed by atoms with E-state index in [4.69, 9.17) is 4.74 Å². The number of ether oxygens (including phenoxy) is 1. The summed E-state index contributed by atoms with van der Waals surface area (Å²) in [5, 5.41) is 3.04. The minimum atomic E-state index is -0.744. The molecule has 2 amide bonds. The van der Waals surface area contributed by atoms with Crippen LogP contribution in [0.5, 0.6) is 5.75 Å². The summed E-state index contributed by atoms with van der Waals surface area (Å²) in [6.45, 7) is 5.58. The Morgan fingerprint density at radius 2 is 1.72 bits per heavy atom. The second-order valence-corrected chi connectivity index (χ2v) is 8.76. The van der Waals surface area contributed by atoms with Gasteiger partial charge in [-0.3, -0.25) is 9.59 Å². The zero-order valence-electron chi connectivity index (χ0n) is 19.1. The van der Waals surface area contributed by atoms with E-state index in [2.05, 4.69) is 19.2 Å². The number of halogens is 1. The summed E-state index contributed by atoms with van der Waals surface area (Å²) in [6, 6.07) is 13.3. The van der Waals surface area contributed by atoms with E-state index in [1.807, 2.05) is 24.3 Å². The van der Waals surface area contributed by atoms with Crippen molar-refractivity contribution in [2.45, 2.75) is 71.0 Å². The van der Waals surface area contributed by atoms with Crippen LogP contribution in [0.4, 0.5) is 4.39 Å². The van der Waals surface area contributed by atoms with Crippen molar-refractivity contribution in [3.8, 4) is 5.75 Å². The maximum Gasteiger partial charge on any atom is 0.261 e. The van der Waals surface area contributed by atoms with E-state index in [1.54, 1.807) is 25.1 Å². The van der Waals surface area contributed by atoms with Crippen LogP contribution in [0.2, 0.25) is 0 Å². The van der Waals surface area contributed by atoms with Gasteiger partial charge in [0.1, 0.15) is 17.6 Å². The molecule has 0 heterocycles. The van der Waals surface area contributed by atoms with Crippen LogP contribution in [-0.2, 0) is 16.1 Å². The Balaban J connectivity index is 1.75. The summed E-state index contributed by atoms with van der Waals surface area (Å²) in [5.41, 5.74) is 1.37. The summed E-state index contributed by atoms with van der Waals surface area (Å²) < 4.78 is 20.2. The van der Waals surface area contributed by atoms with Gasteiger partial charge in [-0.1, -0.05) is 63.1 Å². The van der Waals surface area contributed by atoms with Crippen LogP contribution >= 0.6 is 0 Å². The van der Waals surface area contributed by atoms with Crippen molar-refractivity contribution in [2.24, 2.45) is 0 Å². The van der Waals surface area contributed by atoms with Crippen molar-refractivity contribution in [3.05, 3.63) is 65.5 Å². The SMILES string of the molecule is CC(C)c1ccccc1OCC(=O)N(Cc1ccccc1F)[C@@H](C)C(=O)NC1CCCC1. The first-order valence-electron chi connectivity index (χ1n) is 11.4. The molecular weight excluding hydrogens is 407 g/mol. The highest BCUT2D eigenvalue weighted by Gasteiger charge is 2.29. The van der Waals surface area contributed by atoms with Gasteiger partial charge in [-0.25, -0.2) is 4.39 Å². The molecule has 0 spiro atoms. The number of benzene rings is 2. The average Bonchev–Trinajstić information content (AvgIpc) is 3.29. The highest BCUT2D eigenvalue weighted by Crippen LogP contribution is 2.26.